The Hall–Kier alpha value is -1.88. The molecule has 0 bridgehead atoms. The maximum Gasteiger partial charge on any atom is 0.133 e. The molecule has 0 aromatic carbocycles. The van der Waals surface area contributed by atoms with E-state index >= 15 is 0 Å². The zero-order chi connectivity index (χ0) is 15.6. The van der Waals surface area contributed by atoms with Crippen molar-refractivity contribution < 1.29 is 0 Å². The molecule has 0 aliphatic heterocycles. The Morgan fingerprint density at radius 1 is 0.952 bits per heavy atom. The van der Waals surface area contributed by atoms with E-state index in [0.29, 0.717) is 6.42 Å². The Morgan fingerprint density at radius 3 is 1.95 bits per heavy atom. The third-order valence-corrected chi connectivity index (χ3v) is 5.38. The van der Waals surface area contributed by atoms with Gasteiger partial charge in [-0.15, -0.1) is 22.7 Å². The minimum atomic E-state index is 0.221. The van der Waals surface area contributed by atoms with E-state index in [9.17, 15) is 10.5 Å². The average molecular weight is 312 g/mol. The fourth-order valence-electron chi connectivity index (χ4n) is 2.46. The van der Waals surface area contributed by atoms with Gasteiger partial charge in [0, 0.05) is 25.9 Å². The molecule has 106 valence electrons. The summed E-state index contributed by atoms with van der Waals surface area (Å²) in [5.74, 6) is 0. The summed E-state index contributed by atoms with van der Waals surface area (Å²) in [6, 6.07) is 8.36. The van der Waals surface area contributed by atoms with E-state index < -0.39 is 0 Å². The van der Waals surface area contributed by atoms with Gasteiger partial charge in [0.05, 0.1) is 0 Å². The molecule has 2 nitrogen and oxygen atoms in total. The SMILES string of the molecule is Cc1cc(CC(=C(C#N)C#N)c2cc(C)sc2C)c(C)s1. The Kier molecular flexibility index (Phi) is 4.63. The van der Waals surface area contributed by atoms with Crippen molar-refractivity contribution in [1.82, 2.24) is 0 Å². The van der Waals surface area contributed by atoms with Crippen LogP contribution < -0.4 is 0 Å². The lowest BCUT2D eigenvalue weighted by Gasteiger charge is -2.07. The molecule has 0 aliphatic rings. The number of aryl methyl sites for hydroxylation is 4. The quantitative estimate of drug-likeness (QED) is 0.741. The number of rotatable bonds is 3. The molecular weight excluding hydrogens is 296 g/mol. The topological polar surface area (TPSA) is 47.6 Å². The van der Waals surface area contributed by atoms with Crippen LogP contribution in [0.1, 0.15) is 30.6 Å². The van der Waals surface area contributed by atoms with Gasteiger partial charge in [-0.05, 0) is 56.5 Å². The molecule has 2 rings (SSSR count). The van der Waals surface area contributed by atoms with Crippen LogP contribution in [-0.4, -0.2) is 0 Å². The van der Waals surface area contributed by atoms with Gasteiger partial charge >= 0.3 is 0 Å². The van der Waals surface area contributed by atoms with Crippen LogP contribution in [0.15, 0.2) is 17.7 Å². The largest absolute Gasteiger partial charge is 0.192 e. The molecular formula is C17H16N2S2. The molecule has 0 radical (unpaired) electrons. The summed E-state index contributed by atoms with van der Waals surface area (Å²) >= 11 is 3.46. The first-order valence-electron chi connectivity index (χ1n) is 6.63. The highest BCUT2D eigenvalue weighted by atomic mass is 32.1. The second-order valence-corrected chi connectivity index (χ2v) is 7.94. The highest BCUT2D eigenvalue weighted by Crippen LogP contribution is 2.33. The minimum absolute atomic E-state index is 0.221. The summed E-state index contributed by atoms with van der Waals surface area (Å²) in [5, 5.41) is 18.6. The first kappa shape index (κ1) is 15.5. The van der Waals surface area contributed by atoms with E-state index in [0.717, 1.165) is 16.0 Å². The monoisotopic (exact) mass is 312 g/mol. The van der Waals surface area contributed by atoms with Gasteiger partial charge in [0.15, 0.2) is 0 Å². The molecule has 2 aromatic heterocycles. The molecule has 4 heteroatoms. The molecule has 0 atom stereocenters. The van der Waals surface area contributed by atoms with Crippen molar-refractivity contribution in [2.75, 3.05) is 0 Å². The highest BCUT2D eigenvalue weighted by molar-refractivity contribution is 7.12. The Balaban J connectivity index is 2.57. The number of nitriles is 2. The van der Waals surface area contributed by atoms with Gasteiger partial charge in [0.1, 0.15) is 17.7 Å². The van der Waals surface area contributed by atoms with Crippen LogP contribution in [0.2, 0.25) is 0 Å². The van der Waals surface area contributed by atoms with E-state index in [1.165, 1.54) is 20.2 Å². The standard InChI is InChI=1S/C17H16N2S2/c1-10-5-14(12(3)20-10)7-17(15(8-18)9-19)16-6-11(2)21-13(16)4/h5-6H,7H2,1-4H3. The fourth-order valence-corrected chi connectivity index (χ4v) is 4.36. The van der Waals surface area contributed by atoms with Crippen molar-refractivity contribution in [1.29, 1.82) is 10.5 Å². The molecule has 2 aromatic rings. The molecule has 0 saturated heterocycles. The Bertz CT molecular complexity index is 776. The summed E-state index contributed by atoms with van der Waals surface area (Å²) in [6.45, 7) is 8.27. The fraction of sp³-hybridized carbons (Fsp3) is 0.294. The lowest BCUT2D eigenvalue weighted by molar-refractivity contribution is 1.25. The zero-order valence-corrected chi connectivity index (χ0v) is 14.2. The number of hydrogen-bond acceptors (Lipinski definition) is 4. The van der Waals surface area contributed by atoms with Crippen LogP contribution in [0.3, 0.4) is 0 Å². The second kappa shape index (κ2) is 6.26. The maximum atomic E-state index is 9.28. The lowest BCUT2D eigenvalue weighted by atomic mass is 9.94. The molecule has 21 heavy (non-hydrogen) atoms. The van der Waals surface area contributed by atoms with Crippen molar-refractivity contribution >= 4 is 28.2 Å². The van der Waals surface area contributed by atoms with Gasteiger partial charge in [-0.3, -0.25) is 0 Å². The molecule has 0 amide bonds. The smallest absolute Gasteiger partial charge is 0.133 e. The zero-order valence-electron chi connectivity index (χ0n) is 12.6. The number of allylic oxidation sites excluding steroid dienone is 2. The van der Waals surface area contributed by atoms with Crippen LogP contribution in [-0.2, 0) is 6.42 Å². The third-order valence-electron chi connectivity index (χ3n) is 3.40. The maximum absolute atomic E-state index is 9.28. The van der Waals surface area contributed by atoms with E-state index in [1.54, 1.807) is 22.7 Å². The minimum Gasteiger partial charge on any atom is -0.192 e. The van der Waals surface area contributed by atoms with Gasteiger partial charge in [0.25, 0.3) is 0 Å². The normalized spacial score (nSPS) is 10.0. The lowest BCUT2D eigenvalue weighted by Crippen LogP contribution is -1.95. The molecule has 0 saturated carbocycles. The van der Waals surface area contributed by atoms with Crippen molar-refractivity contribution in [3.8, 4) is 12.1 Å². The van der Waals surface area contributed by atoms with Crippen LogP contribution in [0.4, 0.5) is 0 Å². The molecule has 0 fully saturated rings. The Morgan fingerprint density at radius 2 is 1.52 bits per heavy atom. The predicted molar refractivity (Wildman–Crippen MR) is 89.4 cm³/mol. The van der Waals surface area contributed by atoms with Crippen molar-refractivity contribution in [2.45, 2.75) is 34.1 Å². The molecule has 0 unspecified atom stereocenters. The predicted octanol–water partition coefficient (Wildman–Crippen LogP) is 5.09. The van der Waals surface area contributed by atoms with Gasteiger partial charge in [-0.25, -0.2) is 0 Å². The van der Waals surface area contributed by atoms with Crippen molar-refractivity contribution in [3.63, 3.8) is 0 Å². The summed E-state index contributed by atoms with van der Waals surface area (Å²) in [7, 11) is 0. The number of nitrogens with zero attached hydrogens (tertiary/aromatic N) is 2. The van der Waals surface area contributed by atoms with E-state index in [1.807, 2.05) is 6.92 Å². The average Bonchev–Trinajstić information content (AvgIpc) is 2.91. The molecule has 2 heterocycles. The first-order valence-corrected chi connectivity index (χ1v) is 8.26. The third kappa shape index (κ3) is 3.24. The summed E-state index contributed by atoms with van der Waals surface area (Å²) < 4.78 is 0. The first-order chi connectivity index (χ1) is 9.96. The molecule has 0 aliphatic carbocycles. The Labute approximate surface area is 133 Å². The van der Waals surface area contributed by atoms with Crippen molar-refractivity contribution in [3.05, 3.63) is 48.3 Å². The van der Waals surface area contributed by atoms with Crippen LogP contribution >= 0.6 is 22.7 Å². The van der Waals surface area contributed by atoms with Gasteiger partial charge in [0.2, 0.25) is 0 Å². The summed E-state index contributed by atoms with van der Waals surface area (Å²) in [6.07, 6.45) is 0.643. The van der Waals surface area contributed by atoms with Gasteiger partial charge in [-0.2, -0.15) is 10.5 Å². The van der Waals surface area contributed by atoms with Crippen LogP contribution in [0, 0.1) is 50.4 Å². The van der Waals surface area contributed by atoms with E-state index in [2.05, 4.69) is 45.0 Å². The molecule has 0 spiro atoms. The second-order valence-electron chi connectivity index (χ2n) is 5.02. The summed E-state index contributed by atoms with van der Waals surface area (Å²) in [5.41, 5.74) is 3.32. The van der Waals surface area contributed by atoms with Crippen LogP contribution in [0.5, 0.6) is 0 Å². The van der Waals surface area contributed by atoms with E-state index in [-0.39, 0.29) is 5.57 Å². The van der Waals surface area contributed by atoms with Gasteiger partial charge in [-0.1, -0.05) is 0 Å². The molecule has 0 N–H and O–H groups in total. The van der Waals surface area contributed by atoms with Gasteiger partial charge < -0.3 is 0 Å². The van der Waals surface area contributed by atoms with Crippen LogP contribution in [0.25, 0.3) is 5.57 Å². The highest BCUT2D eigenvalue weighted by Gasteiger charge is 2.16. The summed E-state index contributed by atoms with van der Waals surface area (Å²) in [4.78, 5) is 4.88. The number of thiophene rings is 2. The van der Waals surface area contributed by atoms with E-state index in [4.69, 9.17) is 0 Å². The van der Waals surface area contributed by atoms with Crippen molar-refractivity contribution in [2.24, 2.45) is 0 Å². The number of hydrogen-bond donors (Lipinski definition) is 0.